The zero-order valence-electron chi connectivity index (χ0n) is 58.2. The van der Waals surface area contributed by atoms with Gasteiger partial charge in [-0.3, -0.25) is 19.9 Å². The molecule has 0 aliphatic rings. The summed E-state index contributed by atoms with van der Waals surface area (Å²) in [6.45, 7) is 0. The molecule has 23 heterocycles. The van der Waals surface area contributed by atoms with Gasteiger partial charge in [0.2, 0.25) is 0 Å². The lowest BCUT2D eigenvalue weighted by atomic mass is 10.3. The molecule has 0 atom stereocenters. The minimum absolute atomic E-state index is 0.956. The first-order chi connectivity index (χ1) is 53.6. The molecule has 0 unspecified atom stereocenters. The van der Waals surface area contributed by atoms with Crippen molar-refractivity contribution in [1.82, 2.24) is 116 Å². The molecule has 0 bridgehead atoms. The van der Waals surface area contributed by atoms with Crippen LogP contribution in [-0.4, -0.2) is 116 Å². The van der Waals surface area contributed by atoms with Gasteiger partial charge in [-0.05, 0) is 188 Å². The van der Waals surface area contributed by atoms with Gasteiger partial charge < -0.3 is 46.9 Å². The van der Waals surface area contributed by atoms with Crippen molar-refractivity contribution in [3.8, 4) is 0 Å². The number of fused-ring (bicyclic) bond motifs is 12. The summed E-state index contributed by atoms with van der Waals surface area (Å²) in [7, 11) is 0. The van der Waals surface area contributed by atoms with Crippen molar-refractivity contribution in [3.63, 3.8) is 0 Å². The Morgan fingerprint density at radius 1 is 0.231 bits per heavy atom. The second-order valence-corrected chi connectivity index (χ2v) is 23.0. The smallest absolute Gasteiger partial charge is 0.137 e. The Balaban J connectivity index is 0.000000104. The number of aromatic nitrogens is 24. The first kappa shape index (κ1) is 70.7. The Hall–Kier alpha value is -15.7. The van der Waals surface area contributed by atoms with Gasteiger partial charge in [0.05, 0.1) is 87.2 Å². The van der Waals surface area contributed by atoms with E-state index in [0.717, 1.165) is 82.9 Å². The monoisotopic (exact) mass is 1420 g/mol. The number of H-pyrrole nitrogens is 5. The van der Waals surface area contributed by atoms with Gasteiger partial charge in [-0.25, -0.2) is 38.9 Å². The fourth-order valence-corrected chi connectivity index (χ4v) is 10.5. The van der Waals surface area contributed by atoms with Crippen molar-refractivity contribution in [3.05, 3.63) is 411 Å². The largest absolute Gasteiger partial charge is 0.361 e. The zero-order chi connectivity index (χ0) is 73.3. The molecule has 0 amide bonds. The van der Waals surface area contributed by atoms with Gasteiger partial charge >= 0.3 is 0 Å². The molecule has 24 nitrogen and oxygen atoms in total. The van der Waals surface area contributed by atoms with Gasteiger partial charge in [-0.15, -0.1) is 0 Å². The molecule has 1 aromatic carbocycles. The third-order valence-electron chi connectivity index (χ3n) is 15.9. The molecule has 24 aromatic rings. The van der Waals surface area contributed by atoms with Crippen LogP contribution in [0.4, 0.5) is 0 Å². The molecule has 24 heteroatoms. The molecule has 23 aromatic heterocycles. The maximum absolute atomic E-state index is 4.11. The van der Waals surface area contributed by atoms with E-state index < -0.39 is 0 Å². The Kier molecular flexibility index (Phi) is 24.8. The van der Waals surface area contributed by atoms with E-state index in [2.05, 4.69) is 85.0 Å². The molecular formula is C84H72N24. The Morgan fingerprint density at radius 2 is 0.759 bits per heavy atom. The Labute approximate surface area is 617 Å². The summed E-state index contributed by atoms with van der Waals surface area (Å²) in [5, 5.41) is 11.6. The standard InChI is InChI=1S/12C7H6N2/c1-4-9-7-2-3-8-5-6(1)7;1-3-8-5-7-6(1)2-4-9-7;1-3-7-8-4-2-6-9(7)5-1;1-3-7-4-2-6-9(7)8-5-1;1-2-7-3-4-8-6-9(7)5-1;1-2-7-6-8-3-5-9(7)4-1;1-2-6-7(8-4-1)3-5-9-6;1-2-6-3-5-9-7(6)8-4-1;1-2-6-9-7(3-1)4-5-8-9;1-2-5-9-6-4-8-7(9)3-1;1-2-4-9-6-8-5-7(9)3-1;1-2-4-7-6(3-1)8-5-9-7/h2*1-5,9H;4*1-6H;1-5,9H;1-5H,(H,8,9);3*1-6H;1-5H,(H,8,9). The zero-order valence-corrected chi connectivity index (χ0v) is 58.2. The third-order valence-corrected chi connectivity index (χ3v) is 15.9. The molecule has 0 fully saturated rings. The lowest BCUT2D eigenvalue weighted by Crippen LogP contribution is -1.84. The van der Waals surface area contributed by atoms with Gasteiger partial charge in [-0.2, -0.15) is 10.2 Å². The van der Waals surface area contributed by atoms with Crippen LogP contribution in [0.25, 0.3) is 93.8 Å². The Morgan fingerprint density at radius 3 is 1.61 bits per heavy atom. The van der Waals surface area contributed by atoms with Crippen LogP contribution in [0.2, 0.25) is 0 Å². The summed E-state index contributed by atoms with van der Waals surface area (Å²) in [4.78, 5) is 55.5. The highest BCUT2D eigenvalue weighted by atomic mass is 15.2. The summed E-state index contributed by atoms with van der Waals surface area (Å²) >= 11 is 0. The van der Waals surface area contributed by atoms with Gasteiger partial charge in [0, 0.05) is 182 Å². The van der Waals surface area contributed by atoms with Crippen LogP contribution in [0.5, 0.6) is 0 Å². The number of aromatic amines is 5. The molecule has 0 radical (unpaired) electrons. The fraction of sp³-hybridized carbons (Fsp3) is 0. The van der Waals surface area contributed by atoms with Gasteiger partial charge in [0.25, 0.3) is 0 Å². The summed E-state index contributed by atoms with van der Waals surface area (Å²) in [5.74, 6) is 0. The van der Waals surface area contributed by atoms with Crippen molar-refractivity contribution in [2.24, 2.45) is 0 Å². The van der Waals surface area contributed by atoms with Crippen LogP contribution in [0.15, 0.2) is 411 Å². The number of hydrogen-bond donors (Lipinski definition) is 5. The molecule has 5 N–H and O–H groups in total. The molecule has 0 saturated carbocycles. The van der Waals surface area contributed by atoms with Crippen LogP contribution in [0.1, 0.15) is 0 Å². The second kappa shape index (κ2) is 37.8. The predicted octanol–water partition coefficient (Wildman–Crippen LogP) is 17.2. The van der Waals surface area contributed by atoms with Crippen molar-refractivity contribution < 1.29 is 0 Å². The van der Waals surface area contributed by atoms with Crippen molar-refractivity contribution >= 4 is 93.8 Å². The van der Waals surface area contributed by atoms with Gasteiger partial charge in [0.1, 0.15) is 16.9 Å². The normalized spacial score (nSPS) is 10.2. The average molecular weight is 1420 g/mol. The SMILES string of the molecule is c1cc2[nH]ccc2cn1.c1cc2cc[nH]c2cn1.c1cc2ccncn2c1.c1cc2cnccn2c1.c1ccc2[nH]cnc2c1.c1ccn2ccnc2c1.c1ccn2cncc2c1.c1ccn2nccc2c1.c1cnc2[nH]ccc2c1.c1cnc2cc[nH]c2c1.c1cnc2cccn2c1.c1cnn2cccc2c1. The van der Waals surface area contributed by atoms with Crippen molar-refractivity contribution in [2.45, 2.75) is 0 Å². The highest BCUT2D eigenvalue weighted by Gasteiger charge is 1.95. The number of nitrogens with one attached hydrogen (secondary N) is 5. The van der Waals surface area contributed by atoms with Crippen molar-refractivity contribution in [1.29, 1.82) is 0 Å². The number of imidazole rings is 3. The summed E-state index contributed by atoms with van der Waals surface area (Å²) in [6, 6.07) is 71.4. The molecule has 108 heavy (non-hydrogen) atoms. The van der Waals surface area contributed by atoms with Gasteiger partial charge in [-0.1, -0.05) is 30.3 Å². The third kappa shape index (κ3) is 20.3. The molecule has 0 spiro atoms. The molecule has 0 aliphatic carbocycles. The number of para-hydroxylation sites is 2. The highest BCUT2D eigenvalue weighted by Crippen LogP contribution is 2.12. The van der Waals surface area contributed by atoms with Crippen LogP contribution in [-0.2, 0) is 0 Å². The minimum Gasteiger partial charge on any atom is -0.361 e. The molecule has 528 valence electrons. The topological polar surface area (TPSA) is 265 Å². The number of benzene rings is 1. The van der Waals surface area contributed by atoms with Gasteiger partial charge in [0.15, 0.2) is 0 Å². The lowest BCUT2D eigenvalue weighted by Gasteiger charge is -1.87. The summed E-state index contributed by atoms with van der Waals surface area (Å²) in [5.41, 5.74) is 15.2. The quantitative estimate of drug-likeness (QED) is 0.0949. The van der Waals surface area contributed by atoms with E-state index in [4.69, 9.17) is 0 Å². The number of pyridine rings is 7. The highest BCUT2D eigenvalue weighted by molar-refractivity contribution is 5.79. The Bertz CT molecular complexity index is 4790. The summed E-state index contributed by atoms with van der Waals surface area (Å²) in [6.07, 6.45) is 57.6. The van der Waals surface area contributed by atoms with Crippen LogP contribution in [0, 0.1) is 0 Å². The van der Waals surface area contributed by atoms with E-state index in [0.29, 0.717) is 0 Å². The van der Waals surface area contributed by atoms with Crippen LogP contribution >= 0.6 is 0 Å². The van der Waals surface area contributed by atoms with Crippen LogP contribution < -0.4 is 0 Å². The maximum Gasteiger partial charge on any atom is 0.137 e. The first-order valence-electron chi connectivity index (χ1n) is 34.1. The number of hydrogen-bond acceptors (Lipinski definition) is 12. The van der Waals surface area contributed by atoms with Crippen LogP contribution in [0.3, 0.4) is 0 Å². The fourth-order valence-electron chi connectivity index (χ4n) is 10.5. The first-order valence-corrected chi connectivity index (χ1v) is 34.1. The van der Waals surface area contributed by atoms with Crippen molar-refractivity contribution in [2.75, 3.05) is 0 Å². The second-order valence-electron chi connectivity index (χ2n) is 23.0. The molecule has 24 rings (SSSR count). The predicted molar refractivity (Wildman–Crippen MR) is 427 cm³/mol. The minimum atomic E-state index is 0.956. The van der Waals surface area contributed by atoms with E-state index in [1.54, 1.807) is 81.0 Å². The molecular weight excluding hydrogens is 1350 g/mol. The van der Waals surface area contributed by atoms with E-state index in [1.807, 2.05) is 361 Å². The number of rotatable bonds is 0. The van der Waals surface area contributed by atoms with E-state index in [9.17, 15) is 0 Å². The van der Waals surface area contributed by atoms with E-state index in [-0.39, 0.29) is 0 Å². The molecule has 0 aliphatic heterocycles. The average Bonchev–Trinajstić information content (AvgIpc) is 2.90. The maximum atomic E-state index is 4.11. The number of nitrogens with zero attached hydrogens (tertiary/aromatic N) is 19. The van der Waals surface area contributed by atoms with E-state index in [1.165, 1.54) is 10.9 Å². The summed E-state index contributed by atoms with van der Waals surface area (Å²) < 4.78 is 13.6. The lowest BCUT2D eigenvalue weighted by molar-refractivity contribution is 0.941. The molecule has 0 saturated heterocycles. The van der Waals surface area contributed by atoms with E-state index >= 15 is 0 Å².